The van der Waals surface area contributed by atoms with Crippen molar-refractivity contribution in [3.8, 4) is 0 Å². The van der Waals surface area contributed by atoms with Gasteiger partial charge in [0.25, 0.3) is 0 Å². The van der Waals surface area contributed by atoms with Crippen LogP contribution in [0.25, 0.3) is 0 Å². The normalized spacial score (nSPS) is 32.3. The summed E-state index contributed by atoms with van der Waals surface area (Å²) in [5, 5.41) is 0. The highest BCUT2D eigenvalue weighted by molar-refractivity contribution is 5.95. The fourth-order valence-corrected chi connectivity index (χ4v) is 5.47. The zero-order chi connectivity index (χ0) is 19.3. The van der Waals surface area contributed by atoms with E-state index in [9.17, 15) is 14.4 Å². The van der Waals surface area contributed by atoms with Crippen LogP contribution in [0.15, 0.2) is 18.2 Å². The van der Waals surface area contributed by atoms with E-state index in [2.05, 4.69) is 6.92 Å². The molecule has 0 heterocycles. The van der Waals surface area contributed by atoms with Crippen LogP contribution in [0, 0.1) is 11.3 Å². The summed E-state index contributed by atoms with van der Waals surface area (Å²) in [7, 11) is 2.76. The van der Waals surface area contributed by atoms with Crippen LogP contribution in [-0.2, 0) is 24.5 Å². The summed E-state index contributed by atoms with van der Waals surface area (Å²) in [6, 6.07) is 5.57. The second-order valence-corrected chi connectivity index (χ2v) is 8.02. The molecule has 2 aliphatic carbocycles. The van der Waals surface area contributed by atoms with E-state index in [0.717, 1.165) is 24.0 Å². The lowest BCUT2D eigenvalue weighted by atomic mass is 9.54. The maximum atomic E-state index is 12.8. The molecule has 0 aliphatic heterocycles. The van der Waals surface area contributed by atoms with Crippen LogP contribution >= 0.6 is 0 Å². The molecule has 0 amide bonds. The number of fused-ring (bicyclic) bond motifs is 3. The minimum absolute atomic E-state index is 0.0489. The number of Topliss-reactive ketones (excluding diaryl/α,β-unsaturated/α-hetero) is 1. The minimum atomic E-state index is -0.782. The van der Waals surface area contributed by atoms with E-state index in [-0.39, 0.29) is 29.1 Å². The predicted octanol–water partition coefficient (Wildman–Crippen LogP) is 3.40. The Morgan fingerprint density at radius 2 is 1.77 bits per heavy atom. The summed E-state index contributed by atoms with van der Waals surface area (Å²) in [5.74, 6) is -1.55. The molecule has 4 atom stereocenters. The third kappa shape index (κ3) is 2.40. The van der Waals surface area contributed by atoms with Crippen molar-refractivity contribution in [1.82, 2.24) is 0 Å². The Morgan fingerprint density at radius 3 is 2.35 bits per heavy atom. The lowest BCUT2D eigenvalue weighted by molar-refractivity contribution is -0.164. The van der Waals surface area contributed by atoms with Crippen LogP contribution in [0.4, 0.5) is 0 Å². The summed E-state index contributed by atoms with van der Waals surface area (Å²) in [6.45, 7) is 5.53. The number of esters is 2. The summed E-state index contributed by atoms with van der Waals surface area (Å²) in [4.78, 5) is 37.4. The first-order valence-corrected chi connectivity index (χ1v) is 9.02. The Balaban J connectivity index is 2.26. The first-order valence-electron chi connectivity index (χ1n) is 9.02. The average Bonchev–Trinajstić information content (AvgIpc) is 2.90. The molecule has 0 saturated heterocycles. The topological polar surface area (TPSA) is 69.7 Å². The van der Waals surface area contributed by atoms with E-state index >= 15 is 0 Å². The Labute approximate surface area is 154 Å². The highest BCUT2D eigenvalue weighted by atomic mass is 16.5. The van der Waals surface area contributed by atoms with Crippen LogP contribution in [0.2, 0.25) is 0 Å². The minimum Gasteiger partial charge on any atom is -0.469 e. The smallest absolute Gasteiger partial charge is 0.313 e. The van der Waals surface area contributed by atoms with E-state index < -0.39 is 11.3 Å². The van der Waals surface area contributed by atoms with Crippen molar-refractivity contribution >= 4 is 17.7 Å². The lowest BCUT2D eigenvalue weighted by Gasteiger charge is -2.48. The van der Waals surface area contributed by atoms with Crippen molar-refractivity contribution in [2.24, 2.45) is 11.3 Å². The van der Waals surface area contributed by atoms with Gasteiger partial charge in [0.2, 0.25) is 0 Å². The van der Waals surface area contributed by atoms with Crippen LogP contribution < -0.4 is 0 Å². The molecular formula is C21H26O5. The second kappa shape index (κ2) is 6.22. The van der Waals surface area contributed by atoms with E-state index in [1.807, 2.05) is 19.1 Å². The molecule has 1 saturated carbocycles. The summed E-state index contributed by atoms with van der Waals surface area (Å²) in [6.07, 6.45) is 2.42. The quantitative estimate of drug-likeness (QED) is 0.612. The average molecular weight is 358 g/mol. The van der Waals surface area contributed by atoms with Gasteiger partial charge in [-0.15, -0.1) is 0 Å². The molecule has 3 rings (SSSR count). The highest BCUT2D eigenvalue weighted by Gasteiger charge is 2.63. The van der Waals surface area contributed by atoms with E-state index in [4.69, 9.17) is 9.47 Å². The molecule has 0 spiro atoms. The number of carbonyl (C=O) groups excluding carboxylic acids is 3. The van der Waals surface area contributed by atoms with Gasteiger partial charge in [-0.2, -0.15) is 0 Å². The van der Waals surface area contributed by atoms with Gasteiger partial charge >= 0.3 is 11.9 Å². The molecule has 5 heteroatoms. The molecule has 0 N–H and O–H groups in total. The van der Waals surface area contributed by atoms with Crippen molar-refractivity contribution in [2.75, 3.05) is 14.2 Å². The molecule has 2 aliphatic rings. The maximum Gasteiger partial charge on any atom is 0.313 e. The Morgan fingerprint density at radius 1 is 1.08 bits per heavy atom. The third-order valence-corrected chi connectivity index (χ3v) is 6.61. The van der Waals surface area contributed by atoms with Crippen molar-refractivity contribution in [1.29, 1.82) is 0 Å². The van der Waals surface area contributed by atoms with Gasteiger partial charge in [-0.05, 0) is 49.3 Å². The monoisotopic (exact) mass is 358 g/mol. The highest BCUT2D eigenvalue weighted by Crippen LogP contribution is 2.63. The first kappa shape index (κ1) is 18.6. The zero-order valence-electron chi connectivity index (χ0n) is 16.0. The standard InChI is InChI=1S/C21H26O5/c1-12(22)13-7-8-15-14(11-13)16(18(23)25-4)17-20(15,2)9-6-10-21(17,3)19(24)26-5/h7-8,11,16-17H,6,9-10H2,1-5H3. The SMILES string of the molecule is COC(=O)C1c2cc(C(C)=O)ccc2C2(C)CCCC(C)(C(=O)OC)C12. The summed E-state index contributed by atoms with van der Waals surface area (Å²) < 4.78 is 10.2. The number of carbonyl (C=O) groups is 3. The Hall–Kier alpha value is -2.17. The molecule has 5 nitrogen and oxygen atoms in total. The number of ketones is 1. The van der Waals surface area contributed by atoms with Gasteiger partial charge in [-0.1, -0.05) is 25.5 Å². The number of hydrogen-bond acceptors (Lipinski definition) is 5. The van der Waals surface area contributed by atoms with Crippen molar-refractivity contribution < 1.29 is 23.9 Å². The number of hydrogen-bond donors (Lipinski definition) is 0. The largest absolute Gasteiger partial charge is 0.469 e. The Bertz CT molecular complexity index is 783. The summed E-state index contributed by atoms with van der Waals surface area (Å²) in [5.41, 5.74) is 1.30. The van der Waals surface area contributed by atoms with Crippen molar-refractivity contribution in [2.45, 2.75) is 51.4 Å². The first-order chi connectivity index (χ1) is 12.2. The molecule has 1 aromatic carbocycles. The van der Waals surface area contributed by atoms with Gasteiger partial charge in [-0.3, -0.25) is 14.4 Å². The molecular weight excluding hydrogens is 332 g/mol. The van der Waals surface area contributed by atoms with E-state index in [1.54, 1.807) is 6.07 Å². The van der Waals surface area contributed by atoms with Crippen LogP contribution in [0.3, 0.4) is 0 Å². The molecule has 0 aromatic heterocycles. The van der Waals surface area contributed by atoms with Crippen molar-refractivity contribution in [3.05, 3.63) is 34.9 Å². The maximum absolute atomic E-state index is 12.8. The molecule has 26 heavy (non-hydrogen) atoms. The fourth-order valence-electron chi connectivity index (χ4n) is 5.47. The number of benzene rings is 1. The van der Waals surface area contributed by atoms with Crippen molar-refractivity contribution in [3.63, 3.8) is 0 Å². The fraction of sp³-hybridized carbons (Fsp3) is 0.571. The second-order valence-electron chi connectivity index (χ2n) is 8.02. The van der Waals surface area contributed by atoms with Gasteiger partial charge in [0, 0.05) is 11.5 Å². The third-order valence-electron chi connectivity index (χ3n) is 6.61. The molecule has 1 aromatic rings. The lowest BCUT2D eigenvalue weighted by Crippen LogP contribution is -2.51. The van der Waals surface area contributed by atoms with Crippen LogP contribution in [-0.4, -0.2) is 31.9 Å². The number of rotatable bonds is 3. The number of ether oxygens (including phenoxy) is 2. The Kier molecular flexibility index (Phi) is 4.45. The zero-order valence-corrected chi connectivity index (χ0v) is 16.0. The summed E-state index contributed by atoms with van der Waals surface area (Å²) >= 11 is 0. The molecule has 1 fully saturated rings. The van der Waals surface area contributed by atoms with E-state index in [1.165, 1.54) is 21.1 Å². The van der Waals surface area contributed by atoms with Gasteiger partial charge in [0.1, 0.15) is 0 Å². The van der Waals surface area contributed by atoms with E-state index in [0.29, 0.717) is 12.0 Å². The van der Waals surface area contributed by atoms with Gasteiger partial charge in [0.05, 0.1) is 25.6 Å². The molecule has 140 valence electrons. The van der Waals surface area contributed by atoms with Crippen LogP contribution in [0.1, 0.15) is 67.4 Å². The van der Waals surface area contributed by atoms with Gasteiger partial charge < -0.3 is 9.47 Å². The molecule has 0 bridgehead atoms. The van der Waals surface area contributed by atoms with Crippen LogP contribution in [0.5, 0.6) is 0 Å². The van der Waals surface area contributed by atoms with Gasteiger partial charge in [0.15, 0.2) is 5.78 Å². The molecule has 0 radical (unpaired) electrons. The predicted molar refractivity (Wildman–Crippen MR) is 96.0 cm³/mol. The molecule has 4 unspecified atom stereocenters. The van der Waals surface area contributed by atoms with Gasteiger partial charge in [-0.25, -0.2) is 0 Å². The number of methoxy groups -OCH3 is 2.